The van der Waals surface area contributed by atoms with Crippen molar-refractivity contribution in [2.75, 3.05) is 6.54 Å². The van der Waals surface area contributed by atoms with Gasteiger partial charge < -0.3 is 15.6 Å². The average molecular weight is 278 g/mol. The van der Waals surface area contributed by atoms with Crippen LogP contribution in [0.4, 0.5) is 4.79 Å². The fourth-order valence-electron chi connectivity index (χ4n) is 2.35. The molecule has 0 unspecified atom stereocenters. The third-order valence-corrected chi connectivity index (χ3v) is 3.31. The zero-order valence-electron chi connectivity index (χ0n) is 11.3. The van der Waals surface area contributed by atoms with Gasteiger partial charge in [-0.05, 0) is 18.9 Å². The molecule has 0 aromatic heterocycles. The lowest BCUT2D eigenvalue weighted by molar-refractivity contribution is -0.149. The fraction of sp³-hybridized carbons (Fsp3) is 0.429. The zero-order valence-corrected chi connectivity index (χ0v) is 11.3. The van der Waals surface area contributed by atoms with Crippen LogP contribution >= 0.6 is 0 Å². The standard InChI is InChI=1S/C14H18N2O4/c1-14(15)7-11(16(9-14)13(18)19)12(17)20-8-10-5-3-2-4-6-10/h2-6,11H,7-9,15H2,1H3,(H,18,19)/t11-,14+/m0/s1. The van der Waals surface area contributed by atoms with E-state index in [1.165, 1.54) is 0 Å². The number of ether oxygens (including phenoxy) is 1. The number of carbonyl (C=O) groups excluding carboxylic acids is 1. The molecule has 1 saturated heterocycles. The number of benzene rings is 1. The van der Waals surface area contributed by atoms with Gasteiger partial charge in [0.05, 0.1) is 0 Å². The van der Waals surface area contributed by atoms with Crippen LogP contribution in [-0.2, 0) is 16.1 Å². The van der Waals surface area contributed by atoms with Gasteiger partial charge in [0.2, 0.25) is 0 Å². The average Bonchev–Trinajstić information content (AvgIpc) is 2.74. The van der Waals surface area contributed by atoms with Crippen molar-refractivity contribution in [3.05, 3.63) is 35.9 Å². The van der Waals surface area contributed by atoms with Gasteiger partial charge in [-0.3, -0.25) is 4.90 Å². The lowest BCUT2D eigenvalue weighted by Crippen LogP contribution is -2.42. The summed E-state index contributed by atoms with van der Waals surface area (Å²) in [6, 6.07) is 8.41. The molecule has 108 valence electrons. The van der Waals surface area contributed by atoms with Crippen molar-refractivity contribution < 1.29 is 19.4 Å². The molecule has 1 aromatic carbocycles. The maximum Gasteiger partial charge on any atom is 0.408 e. The summed E-state index contributed by atoms with van der Waals surface area (Å²) in [4.78, 5) is 24.2. The first-order valence-electron chi connectivity index (χ1n) is 6.38. The van der Waals surface area contributed by atoms with Crippen molar-refractivity contribution in [1.29, 1.82) is 0 Å². The number of esters is 1. The van der Waals surface area contributed by atoms with Gasteiger partial charge in [0.15, 0.2) is 0 Å². The number of likely N-dealkylation sites (tertiary alicyclic amines) is 1. The van der Waals surface area contributed by atoms with Crippen LogP contribution in [-0.4, -0.2) is 40.2 Å². The number of carboxylic acid groups (broad SMARTS) is 1. The highest BCUT2D eigenvalue weighted by Crippen LogP contribution is 2.26. The minimum Gasteiger partial charge on any atom is -0.465 e. The summed E-state index contributed by atoms with van der Waals surface area (Å²) in [5.74, 6) is -0.551. The van der Waals surface area contributed by atoms with Crippen LogP contribution < -0.4 is 5.73 Å². The lowest BCUT2D eigenvalue weighted by atomic mass is 10.0. The van der Waals surface area contributed by atoms with E-state index in [4.69, 9.17) is 15.6 Å². The van der Waals surface area contributed by atoms with Gasteiger partial charge in [0.25, 0.3) is 0 Å². The molecular formula is C14H18N2O4. The van der Waals surface area contributed by atoms with Gasteiger partial charge in [-0.2, -0.15) is 0 Å². The van der Waals surface area contributed by atoms with E-state index in [1.54, 1.807) is 6.92 Å². The Bertz CT molecular complexity index is 501. The number of amides is 1. The Morgan fingerprint density at radius 3 is 2.70 bits per heavy atom. The summed E-state index contributed by atoms with van der Waals surface area (Å²) in [6.45, 7) is 1.99. The van der Waals surface area contributed by atoms with Gasteiger partial charge in [-0.25, -0.2) is 9.59 Å². The smallest absolute Gasteiger partial charge is 0.408 e. The summed E-state index contributed by atoms with van der Waals surface area (Å²) in [6.07, 6.45) is -0.881. The molecule has 20 heavy (non-hydrogen) atoms. The molecule has 6 nitrogen and oxygen atoms in total. The Kier molecular flexibility index (Phi) is 3.94. The second kappa shape index (κ2) is 5.50. The summed E-state index contributed by atoms with van der Waals surface area (Å²) >= 11 is 0. The highest BCUT2D eigenvalue weighted by Gasteiger charge is 2.45. The number of hydrogen-bond acceptors (Lipinski definition) is 4. The largest absolute Gasteiger partial charge is 0.465 e. The molecule has 1 aromatic rings. The van der Waals surface area contributed by atoms with Crippen LogP contribution in [0.5, 0.6) is 0 Å². The highest BCUT2D eigenvalue weighted by molar-refractivity contribution is 5.82. The van der Waals surface area contributed by atoms with Crippen molar-refractivity contribution in [1.82, 2.24) is 4.90 Å². The van der Waals surface area contributed by atoms with Gasteiger partial charge in [0, 0.05) is 12.1 Å². The molecule has 1 fully saturated rings. The molecule has 0 radical (unpaired) electrons. The van der Waals surface area contributed by atoms with Crippen molar-refractivity contribution in [3.63, 3.8) is 0 Å². The molecule has 2 rings (SSSR count). The highest BCUT2D eigenvalue weighted by atomic mass is 16.5. The van der Waals surface area contributed by atoms with Crippen molar-refractivity contribution in [2.24, 2.45) is 5.73 Å². The Morgan fingerprint density at radius 1 is 1.45 bits per heavy atom. The fourth-order valence-corrected chi connectivity index (χ4v) is 2.35. The normalized spacial score (nSPS) is 25.5. The first-order valence-corrected chi connectivity index (χ1v) is 6.38. The minimum atomic E-state index is -1.15. The molecule has 0 saturated carbocycles. The molecule has 0 spiro atoms. The second-order valence-corrected chi connectivity index (χ2v) is 5.38. The zero-order chi connectivity index (χ0) is 14.8. The van der Waals surface area contributed by atoms with E-state index in [1.807, 2.05) is 30.3 Å². The van der Waals surface area contributed by atoms with Gasteiger partial charge in [-0.1, -0.05) is 30.3 Å². The van der Waals surface area contributed by atoms with Crippen LogP contribution in [0.3, 0.4) is 0 Å². The number of nitrogens with zero attached hydrogens (tertiary/aromatic N) is 1. The van der Waals surface area contributed by atoms with Crippen LogP contribution in [0.2, 0.25) is 0 Å². The maximum atomic E-state index is 12.0. The van der Waals surface area contributed by atoms with Gasteiger partial charge in [-0.15, -0.1) is 0 Å². The van der Waals surface area contributed by atoms with E-state index in [0.717, 1.165) is 10.5 Å². The predicted octanol–water partition coefficient (Wildman–Crippen LogP) is 1.20. The van der Waals surface area contributed by atoms with E-state index in [9.17, 15) is 9.59 Å². The van der Waals surface area contributed by atoms with Gasteiger partial charge in [0.1, 0.15) is 12.6 Å². The molecule has 0 bridgehead atoms. The maximum absolute atomic E-state index is 12.0. The monoisotopic (exact) mass is 278 g/mol. The van der Waals surface area contributed by atoms with E-state index < -0.39 is 23.6 Å². The molecule has 3 N–H and O–H groups in total. The van der Waals surface area contributed by atoms with Crippen molar-refractivity contribution in [2.45, 2.75) is 31.5 Å². The van der Waals surface area contributed by atoms with E-state index in [0.29, 0.717) is 0 Å². The van der Waals surface area contributed by atoms with E-state index in [2.05, 4.69) is 0 Å². The molecular weight excluding hydrogens is 260 g/mol. The summed E-state index contributed by atoms with van der Waals surface area (Å²) in [5.41, 5.74) is 6.09. The molecule has 0 aliphatic carbocycles. The quantitative estimate of drug-likeness (QED) is 0.810. The SMILES string of the molecule is C[C@@]1(N)C[C@@H](C(=O)OCc2ccccc2)N(C(=O)O)C1. The van der Waals surface area contributed by atoms with Crippen molar-refractivity contribution in [3.8, 4) is 0 Å². The first-order chi connectivity index (χ1) is 9.39. The molecule has 1 heterocycles. The van der Waals surface area contributed by atoms with Gasteiger partial charge >= 0.3 is 12.1 Å². The topological polar surface area (TPSA) is 92.9 Å². The minimum absolute atomic E-state index is 0.130. The van der Waals surface area contributed by atoms with Crippen LogP contribution in [0, 0.1) is 0 Å². The Balaban J connectivity index is 1.99. The Labute approximate surface area is 117 Å². The Morgan fingerprint density at radius 2 is 2.10 bits per heavy atom. The van der Waals surface area contributed by atoms with E-state index >= 15 is 0 Å². The molecule has 1 amide bonds. The van der Waals surface area contributed by atoms with Crippen molar-refractivity contribution >= 4 is 12.1 Å². The predicted molar refractivity (Wildman–Crippen MR) is 72.0 cm³/mol. The number of carbonyl (C=O) groups is 2. The number of nitrogens with two attached hydrogens (primary N) is 1. The third kappa shape index (κ3) is 3.27. The molecule has 1 aliphatic rings. The number of rotatable bonds is 3. The summed E-state index contributed by atoms with van der Waals surface area (Å²) in [7, 11) is 0. The molecule has 1 aliphatic heterocycles. The summed E-state index contributed by atoms with van der Waals surface area (Å²) < 4.78 is 5.19. The Hall–Kier alpha value is -2.08. The van der Waals surface area contributed by atoms with Crippen LogP contribution in [0.15, 0.2) is 30.3 Å². The molecule has 2 atom stereocenters. The van der Waals surface area contributed by atoms with E-state index in [-0.39, 0.29) is 19.6 Å². The van der Waals surface area contributed by atoms with Crippen LogP contribution in [0.25, 0.3) is 0 Å². The van der Waals surface area contributed by atoms with Crippen LogP contribution in [0.1, 0.15) is 18.9 Å². The molecule has 6 heteroatoms. The lowest BCUT2D eigenvalue weighted by Gasteiger charge is -2.19. The summed E-state index contributed by atoms with van der Waals surface area (Å²) in [5, 5.41) is 9.11. The number of hydrogen-bond donors (Lipinski definition) is 2. The second-order valence-electron chi connectivity index (χ2n) is 5.38. The first kappa shape index (κ1) is 14.3. The third-order valence-electron chi connectivity index (χ3n) is 3.31.